The molecule has 5 nitrogen and oxygen atoms in total. The van der Waals surface area contributed by atoms with Crippen LogP contribution in [-0.4, -0.2) is 25.1 Å². The molecule has 0 aliphatic rings. The summed E-state index contributed by atoms with van der Waals surface area (Å²) in [4.78, 5) is 9.85. The lowest BCUT2D eigenvalue weighted by molar-refractivity contribution is 0.405. The molecule has 1 aromatic heterocycles. The molecule has 2 aromatic rings. The first-order valence-electron chi connectivity index (χ1n) is 7.56. The van der Waals surface area contributed by atoms with Gasteiger partial charge in [-0.2, -0.15) is 0 Å². The van der Waals surface area contributed by atoms with Gasteiger partial charge in [-0.3, -0.25) is 4.99 Å². The fourth-order valence-corrected chi connectivity index (χ4v) is 3.04. The van der Waals surface area contributed by atoms with Crippen LogP contribution in [0.1, 0.15) is 34.0 Å². The van der Waals surface area contributed by atoms with E-state index < -0.39 is 0 Å². The van der Waals surface area contributed by atoms with Crippen LogP contribution in [0.2, 0.25) is 0 Å². The van der Waals surface area contributed by atoms with Crippen LogP contribution in [0.4, 0.5) is 0 Å². The van der Waals surface area contributed by atoms with Crippen LogP contribution in [0.5, 0.6) is 5.75 Å². The van der Waals surface area contributed by atoms with Crippen molar-refractivity contribution < 1.29 is 4.74 Å². The second kappa shape index (κ2) is 9.83. The van der Waals surface area contributed by atoms with Crippen molar-refractivity contribution in [1.82, 2.24) is 15.6 Å². The minimum atomic E-state index is 0. The monoisotopic (exact) mass is 460 g/mol. The molecule has 2 rings (SSSR count). The van der Waals surface area contributed by atoms with Crippen molar-refractivity contribution in [3.05, 3.63) is 45.4 Å². The summed E-state index contributed by atoms with van der Waals surface area (Å²) in [7, 11) is 3.46. The first-order chi connectivity index (χ1) is 11.0. The normalized spacial score (nSPS) is 12.3. The molecule has 0 fully saturated rings. The highest BCUT2D eigenvalue weighted by Crippen LogP contribution is 2.25. The number of nitrogens with one attached hydrogen (secondary N) is 2. The van der Waals surface area contributed by atoms with Gasteiger partial charge in [0.2, 0.25) is 0 Å². The lowest BCUT2D eigenvalue weighted by Gasteiger charge is -2.20. The molecule has 0 bridgehead atoms. The number of thiazole rings is 1. The largest absolute Gasteiger partial charge is 0.496 e. The third kappa shape index (κ3) is 5.62. The number of aliphatic imine (C=N–C) groups is 1. The molecule has 0 saturated carbocycles. The summed E-state index contributed by atoms with van der Waals surface area (Å²) in [5, 5.41) is 7.74. The van der Waals surface area contributed by atoms with E-state index in [0.717, 1.165) is 22.3 Å². The summed E-state index contributed by atoms with van der Waals surface area (Å²) in [6, 6.07) is 6.26. The van der Waals surface area contributed by atoms with E-state index in [-0.39, 0.29) is 30.0 Å². The van der Waals surface area contributed by atoms with E-state index in [2.05, 4.69) is 47.4 Å². The van der Waals surface area contributed by atoms with E-state index in [0.29, 0.717) is 6.54 Å². The Morgan fingerprint density at radius 3 is 2.71 bits per heavy atom. The van der Waals surface area contributed by atoms with Crippen LogP contribution in [-0.2, 0) is 6.54 Å². The summed E-state index contributed by atoms with van der Waals surface area (Å²) >= 11 is 1.69. The number of aromatic nitrogens is 1. The molecule has 1 heterocycles. The molecule has 0 radical (unpaired) electrons. The van der Waals surface area contributed by atoms with Gasteiger partial charge < -0.3 is 15.4 Å². The smallest absolute Gasteiger partial charge is 0.191 e. The zero-order valence-corrected chi connectivity index (χ0v) is 17.9. The molecular weight excluding hydrogens is 435 g/mol. The minimum absolute atomic E-state index is 0. The minimum Gasteiger partial charge on any atom is -0.496 e. The van der Waals surface area contributed by atoms with Gasteiger partial charge in [-0.15, -0.1) is 35.3 Å². The average Bonchev–Trinajstić information content (AvgIpc) is 2.96. The molecule has 2 N–H and O–H groups in total. The van der Waals surface area contributed by atoms with Gasteiger partial charge in [-0.1, -0.05) is 17.7 Å². The molecule has 0 aliphatic carbocycles. The molecule has 0 aliphatic heterocycles. The van der Waals surface area contributed by atoms with Gasteiger partial charge in [0.25, 0.3) is 0 Å². The molecule has 24 heavy (non-hydrogen) atoms. The molecule has 1 unspecified atom stereocenters. The van der Waals surface area contributed by atoms with Crippen LogP contribution in [0.15, 0.2) is 29.4 Å². The predicted octanol–water partition coefficient (Wildman–Crippen LogP) is 3.81. The Morgan fingerprint density at radius 1 is 1.38 bits per heavy atom. The number of guanidine groups is 1. The lowest BCUT2D eigenvalue weighted by Crippen LogP contribution is -2.38. The Balaban J connectivity index is 0.00000288. The Kier molecular flexibility index (Phi) is 8.47. The number of halogens is 1. The Morgan fingerprint density at radius 2 is 2.12 bits per heavy atom. The van der Waals surface area contributed by atoms with Crippen molar-refractivity contribution in [3.63, 3.8) is 0 Å². The van der Waals surface area contributed by atoms with Crippen LogP contribution in [0.25, 0.3) is 0 Å². The van der Waals surface area contributed by atoms with Crippen molar-refractivity contribution in [2.24, 2.45) is 4.99 Å². The van der Waals surface area contributed by atoms with Crippen molar-refractivity contribution in [2.45, 2.75) is 33.4 Å². The standard InChI is InChI=1S/C17H24N4OS.HI/c1-11-6-7-15(22-5)14(8-11)13(3)21-17(18-4)20-10-16-19-9-12(2)23-16;/h6-9,13H,10H2,1-5H3,(H2,18,20,21);1H. The zero-order chi connectivity index (χ0) is 16.8. The van der Waals surface area contributed by atoms with Crippen molar-refractivity contribution in [3.8, 4) is 5.75 Å². The molecule has 7 heteroatoms. The fourth-order valence-electron chi connectivity index (χ4n) is 2.31. The van der Waals surface area contributed by atoms with Crippen LogP contribution < -0.4 is 15.4 Å². The maximum Gasteiger partial charge on any atom is 0.191 e. The third-order valence-electron chi connectivity index (χ3n) is 3.50. The molecule has 0 amide bonds. The van der Waals surface area contributed by atoms with E-state index >= 15 is 0 Å². The summed E-state index contributed by atoms with van der Waals surface area (Å²) < 4.78 is 5.46. The number of rotatable bonds is 5. The molecular formula is C17H25IN4OS. The number of ether oxygens (including phenoxy) is 1. The van der Waals surface area contributed by atoms with Crippen molar-refractivity contribution >= 4 is 41.3 Å². The fraction of sp³-hybridized carbons (Fsp3) is 0.412. The second-order valence-electron chi connectivity index (χ2n) is 5.40. The highest BCUT2D eigenvalue weighted by molar-refractivity contribution is 14.0. The van der Waals surface area contributed by atoms with E-state index in [1.54, 1.807) is 25.5 Å². The molecule has 1 aromatic carbocycles. The third-order valence-corrected chi connectivity index (χ3v) is 4.42. The average molecular weight is 460 g/mol. The lowest BCUT2D eigenvalue weighted by atomic mass is 10.0. The molecule has 1 atom stereocenters. The van der Waals surface area contributed by atoms with Gasteiger partial charge >= 0.3 is 0 Å². The SMILES string of the molecule is CN=C(NCc1ncc(C)s1)NC(C)c1cc(C)ccc1OC.I. The van der Waals surface area contributed by atoms with Gasteiger partial charge in [-0.25, -0.2) is 4.98 Å². The molecule has 132 valence electrons. The summed E-state index contributed by atoms with van der Waals surface area (Å²) in [5.41, 5.74) is 2.32. The van der Waals surface area contributed by atoms with Gasteiger partial charge in [0, 0.05) is 23.7 Å². The van der Waals surface area contributed by atoms with Gasteiger partial charge in [0.1, 0.15) is 10.8 Å². The quantitative estimate of drug-likeness (QED) is 0.405. The number of hydrogen-bond donors (Lipinski definition) is 2. The highest BCUT2D eigenvalue weighted by Gasteiger charge is 2.13. The van der Waals surface area contributed by atoms with Crippen molar-refractivity contribution in [1.29, 1.82) is 0 Å². The number of nitrogens with zero attached hydrogens (tertiary/aromatic N) is 2. The maximum absolute atomic E-state index is 5.46. The van der Waals surface area contributed by atoms with Crippen LogP contribution in [0.3, 0.4) is 0 Å². The van der Waals surface area contributed by atoms with Gasteiger partial charge in [0.15, 0.2) is 5.96 Å². The zero-order valence-electron chi connectivity index (χ0n) is 14.7. The van der Waals surface area contributed by atoms with E-state index in [9.17, 15) is 0 Å². The number of aryl methyl sites for hydroxylation is 2. The first-order valence-corrected chi connectivity index (χ1v) is 8.38. The Labute approximate surface area is 165 Å². The van der Waals surface area contributed by atoms with Crippen molar-refractivity contribution in [2.75, 3.05) is 14.2 Å². The van der Waals surface area contributed by atoms with Gasteiger partial charge in [-0.05, 0) is 26.8 Å². The van der Waals surface area contributed by atoms with Gasteiger partial charge in [0.05, 0.1) is 19.7 Å². The van der Waals surface area contributed by atoms with E-state index in [1.165, 1.54) is 10.4 Å². The predicted molar refractivity (Wildman–Crippen MR) is 112 cm³/mol. The summed E-state index contributed by atoms with van der Waals surface area (Å²) in [5.74, 6) is 1.62. The Bertz CT molecular complexity index is 687. The molecule has 0 spiro atoms. The molecule has 0 saturated heterocycles. The first kappa shape index (κ1) is 20.7. The maximum atomic E-state index is 5.46. The summed E-state index contributed by atoms with van der Waals surface area (Å²) in [6.45, 7) is 6.89. The Hall–Kier alpha value is -1.35. The number of benzene rings is 1. The second-order valence-corrected chi connectivity index (χ2v) is 6.72. The topological polar surface area (TPSA) is 58.5 Å². The van der Waals surface area contributed by atoms with Crippen LogP contribution >= 0.6 is 35.3 Å². The highest BCUT2D eigenvalue weighted by atomic mass is 127. The van der Waals surface area contributed by atoms with Crippen LogP contribution in [0, 0.1) is 13.8 Å². The summed E-state index contributed by atoms with van der Waals surface area (Å²) in [6.07, 6.45) is 1.89. The number of hydrogen-bond acceptors (Lipinski definition) is 4. The number of methoxy groups -OCH3 is 1. The van der Waals surface area contributed by atoms with E-state index in [4.69, 9.17) is 4.74 Å². The van der Waals surface area contributed by atoms with E-state index in [1.807, 2.05) is 18.3 Å².